The van der Waals surface area contributed by atoms with Gasteiger partial charge in [-0.1, -0.05) is 13.8 Å². The Balaban J connectivity index is 1.87. The van der Waals surface area contributed by atoms with Gasteiger partial charge in [0.25, 0.3) is 5.92 Å². The standard InChI is InChI=1S/C24H32F5N5O4/c1-12(2)8-17(33-22(38)24(27,28)29)21(37)34-15-5-6-16(23(25,26)10-15)18(34)20(36)32-14(11-30)9-13-4-3-7-31-19(13)35/h12-18H,3-10H2,1-2H3,(H,31,35)(H,32,36)(H,33,38)/t13-,14-,15+,16+,17-,18+/m1/s1. The minimum atomic E-state index is -5.27. The molecule has 3 saturated heterocycles. The number of hydrogen-bond acceptors (Lipinski definition) is 5. The van der Waals surface area contributed by atoms with Gasteiger partial charge in [0.1, 0.15) is 18.1 Å². The normalized spacial score (nSPS) is 28.2. The number of halogens is 5. The molecule has 4 amide bonds. The fourth-order valence-electron chi connectivity index (χ4n) is 5.68. The van der Waals surface area contributed by atoms with Crippen LogP contribution in [0, 0.1) is 29.1 Å². The molecule has 0 unspecified atom stereocenters. The predicted molar refractivity (Wildman–Crippen MR) is 122 cm³/mol. The number of carbonyl (C=O) groups is 4. The number of piperidine rings is 3. The number of carbonyl (C=O) groups excluding carboxylic acids is 4. The van der Waals surface area contributed by atoms with Gasteiger partial charge in [0.15, 0.2) is 0 Å². The number of amides is 4. The van der Waals surface area contributed by atoms with Crippen LogP contribution in [0.5, 0.6) is 0 Å². The molecule has 4 fully saturated rings. The van der Waals surface area contributed by atoms with Crippen molar-refractivity contribution in [2.75, 3.05) is 6.54 Å². The lowest BCUT2D eigenvalue weighted by Crippen LogP contribution is -2.71. The summed E-state index contributed by atoms with van der Waals surface area (Å²) in [5.74, 6) is -10.6. The summed E-state index contributed by atoms with van der Waals surface area (Å²) in [7, 11) is 0. The van der Waals surface area contributed by atoms with Gasteiger partial charge in [0.2, 0.25) is 17.7 Å². The van der Waals surface area contributed by atoms with Crippen LogP contribution in [0.15, 0.2) is 0 Å². The SMILES string of the molecule is CC(C)C[C@@H](NC(=O)C(F)(F)F)C(=O)N1[C@H]2CC[C@@H]([C@H]1C(=O)N[C@@H](C#N)C[C@H]1CCCNC1=O)C(F)(F)C2. The van der Waals surface area contributed by atoms with Crippen molar-refractivity contribution in [2.45, 2.75) is 95.1 Å². The van der Waals surface area contributed by atoms with Crippen LogP contribution in [0.2, 0.25) is 0 Å². The molecule has 3 aliphatic heterocycles. The van der Waals surface area contributed by atoms with Crippen molar-refractivity contribution in [3.8, 4) is 6.07 Å². The van der Waals surface area contributed by atoms with E-state index in [4.69, 9.17) is 0 Å². The van der Waals surface area contributed by atoms with Gasteiger partial charge in [-0.2, -0.15) is 18.4 Å². The molecule has 3 N–H and O–H groups in total. The summed E-state index contributed by atoms with van der Waals surface area (Å²) in [4.78, 5) is 51.5. The van der Waals surface area contributed by atoms with Gasteiger partial charge in [0.05, 0.1) is 12.0 Å². The topological polar surface area (TPSA) is 131 Å². The van der Waals surface area contributed by atoms with E-state index < -0.39 is 72.2 Å². The van der Waals surface area contributed by atoms with Gasteiger partial charge in [-0.25, -0.2) is 8.78 Å². The van der Waals surface area contributed by atoms with Crippen LogP contribution in [-0.2, 0) is 19.2 Å². The Kier molecular flexibility index (Phi) is 8.88. The Bertz CT molecular complexity index is 982. The van der Waals surface area contributed by atoms with Crippen LogP contribution in [0.3, 0.4) is 0 Å². The molecular weight excluding hydrogens is 517 g/mol. The molecule has 38 heavy (non-hydrogen) atoms. The first-order valence-electron chi connectivity index (χ1n) is 12.7. The minimum Gasteiger partial charge on any atom is -0.356 e. The average molecular weight is 550 g/mol. The lowest BCUT2D eigenvalue weighted by Gasteiger charge is -2.54. The molecule has 0 aromatic heterocycles. The highest BCUT2D eigenvalue weighted by Crippen LogP contribution is 2.49. The third-order valence-electron chi connectivity index (χ3n) is 7.42. The first-order chi connectivity index (χ1) is 17.7. The van der Waals surface area contributed by atoms with Crippen LogP contribution < -0.4 is 16.0 Å². The van der Waals surface area contributed by atoms with E-state index in [9.17, 15) is 46.4 Å². The lowest BCUT2D eigenvalue weighted by atomic mass is 9.71. The van der Waals surface area contributed by atoms with Crippen molar-refractivity contribution in [3.05, 3.63) is 0 Å². The van der Waals surface area contributed by atoms with Crippen LogP contribution in [0.1, 0.15) is 58.8 Å². The number of hydrogen-bond donors (Lipinski definition) is 3. The second kappa shape index (κ2) is 11.4. The number of nitriles is 1. The highest BCUT2D eigenvalue weighted by molar-refractivity contribution is 5.94. The second-order valence-electron chi connectivity index (χ2n) is 10.7. The highest BCUT2D eigenvalue weighted by atomic mass is 19.4. The number of nitrogens with one attached hydrogen (secondary N) is 3. The van der Waals surface area contributed by atoms with Crippen LogP contribution in [0.25, 0.3) is 0 Å². The van der Waals surface area contributed by atoms with E-state index >= 15 is 0 Å². The van der Waals surface area contributed by atoms with Crippen molar-refractivity contribution >= 4 is 23.6 Å². The van der Waals surface area contributed by atoms with Gasteiger partial charge in [-0.05, 0) is 44.4 Å². The molecule has 3 heterocycles. The fourth-order valence-corrected chi connectivity index (χ4v) is 5.68. The van der Waals surface area contributed by atoms with Crippen molar-refractivity contribution in [3.63, 3.8) is 0 Å². The van der Waals surface area contributed by atoms with Gasteiger partial charge < -0.3 is 20.9 Å². The fraction of sp³-hybridized carbons (Fsp3) is 0.792. The molecule has 4 rings (SSSR count). The van der Waals surface area contributed by atoms with E-state index in [0.29, 0.717) is 19.4 Å². The van der Waals surface area contributed by atoms with Gasteiger partial charge in [0, 0.05) is 24.9 Å². The Morgan fingerprint density at radius 3 is 2.42 bits per heavy atom. The lowest BCUT2D eigenvalue weighted by molar-refractivity contribution is -0.196. The molecule has 0 aromatic rings. The predicted octanol–water partition coefficient (Wildman–Crippen LogP) is 2.02. The molecule has 0 radical (unpaired) electrons. The van der Waals surface area contributed by atoms with Crippen LogP contribution in [-0.4, -0.2) is 71.3 Å². The first kappa shape index (κ1) is 29.6. The van der Waals surface area contributed by atoms with Crippen molar-refractivity contribution in [1.29, 1.82) is 5.26 Å². The van der Waals surface area contributed by atoms with Gasteiger partial charge in [-0.15, -0.1) is 0 Å². The highest BCUT2D eigenvalue weighted by Gasteiger charge is 2.61. The molecule has 14 heteroatoms. The number of rotatable bonds is 8. The summed E-state index contributed by atoms with van der Waals surface area (Å²) < 4.78 is 68.7. The van der Waals surface area contributed by atoms with Gasteiger partial charge >= 0.3 is 12.1 Å². The number of alkyl halides is 5. The molecule has 0 spiro atoms. The Labute approximate surface area is 216 Å². The summed E-state index contributed by atoms with van der Waals surface area (Å²) in [5, 5.41) is 16.3. The van der Waals surface area contributed by atoms with E-state index in [0.717, 1.165) is 4.90 Å². The first-order valence-corrected chi connectivity index (χ1v) is 12.7. The summed E-state index contributed by atoms with van der Waals surface area (Å²) >= 11 is 0. The molecular formula is C24H32F5N5O4. The smallest absolute Gasteiger partial charge is 0.356 e. The van der Waals surface area contributed by atoms with Crippen LogP contribution >= 0.6 is 0 Å². The molecule has 1 saturated carbocycles. The molecule has 1 aliphatic carbocycles. The summed E-state index contributed by atoms with van der Waals surface area (Å²) in [6, 6.07) is -3.93. The van der Waals surface area contributed by atoms with E-state index in [1.807, 2.05) is 6.07 Å². The Morgan fingerprint density at radius 2 is 1.87 bits per heavy atom. The van der Waals surface area contributed by atoms with Crippen molar-refractivity contribution in [2.24, 2.45) is 17.8 Å². The molecule has 2 bridgehead atoms. The third kappa shape index (κ3) is 6.53. The van der Waals surface area contributed by atoms with E-state index in [-0.39, 0.29) is 37.5 Å². The average Bonchev–Trinajstić information content (AvgIpc) is 2.82. The third-order valence-corrected chi connectivity index (χ3v) is 7.42. The molecule has 0 aromatic carbocycles. The maximum absolute atomic E-state index is 14.9. The molecule has 6 atom stereocenters. The van der Waals surface area contributed by atoms with Crippen molar-refractivity contribution in [1.82, 2.24) is 20.9 Å². The Hall–Kier alpha value is -2.98. The summed E-state index contributed by atoms with van der Waals surface area (Å²) in [5.41, 5.74) is 0. The van der Waals surface area contributed by atoms with Crippen LogP contribution in [0.4, 0.5) is 22.0 Å². The van der Waals surface area contributed by atoms with Gasteiger partial charge in [-0.3, -0.25) is 19.2 Å². The number of nitrogens with zero attached hydrogens (tertiary/aromatic N) is 2. The molecule has 4 aliphatic rings. The van der Waals surface area contributed by atoms with E-state index in [1.54, 1.807) is 19.2 Å². The zero-order valence-corrected chi connectivity index (χ0v) is 21.1. The Morgan fingerprint density at radius 1 is 1.18 bits per heavy atom. The molecule has 9 nitrogen and oxygen atoms in total. The zero-order chi connectivity index (χ0) is 28.4. The second-order valence-corrected chi connectivity index (χ2v) is 10.7. The van der Waals surface area contributed by atoms with E-state index in [1.165, 1.54) is 0 Å². The maximum Gasteiger partial charge on any atom is 0.471 e. The zero-order valence-electron chi connectivity index (χ0n) is 21.1. The molecule has 212 valence electrons. The maximum atomic E-state index is 14.9. The quantitative estimate of drug-likeness (QED) is 0.399. The van der Waals surface area contributed by atoms with E-state index in [2.05, 4.69) is 10.6 Å². The minimum absolute atomic E-state index is 0.0587. The monoisotopic (exact) mass is 549 g/mol. The summed E-state index contributed by atoms with van der Waals surface area (Å²) in [6.45, 7) is 3.71. The number of fused-ring (bicyclic) bond motifs is 3. The largest absolute Gasteiger partial charge is 0.471 e. The summed E-state index contributed by atoms with van der Waals surface area (Å²) in [6.07, 6.45) is -5.15. The van der Waals surface area contributed by atoms with Crippen molar-refractivity contribution < 1.29 is 41.1 Å².